The predicted octanol–water partition coefficient (Wildman–Crippen LogP) is 0.659. The van der Waals surface area contributed by atoms with Crippen molar-refractivity contribution in [2.45, 2.75) is 18.4 Å². The van der Waals surface area contributed by atoms with Crippen LogP contribution in [0.15, 0.2) is 18.2 Å². The molecule has 2 fully saturated rings. The van der Waals surface area contributed by atoms with Gasteiger partial charge in [-0.3, -0.25) is 19.4 Å². The van der Waals surface area contributed by atoms with Gasteiger partial charge in [0.1, 0.15) is 5.54 Å². The maximum Gasteiger partial charge on any atom is 0.324 e. The van der Waals surface area contributed by atoms with Crippen molar-refractivity contribution in [3.8, 4) is 11.5 Å². The molecule has 3 rings (SSSR count). The summed E-state index contributed by atoms with van der Waals surface area (Å²) in [6, 6.07) is 4.81. The topological polar surface area (TPSA) is 100 Å². The molecular weight excluding hydrogens is 352 g/mol. The van der Waals surface area contributed by atoms with Crippen molar-refractivity contribution < 1.29 is 23.9 Å². The number of benzene rings is 1. The van der Waals surface area contributed by atoms with E-state index in [2.05, 4.69) is 10.6 Å². The average molecular weight is 376 g/mol. The van der Waals surface area contributed by atoms with E-state index in [4.69, 9.17) is 9.47 Å². The molecule has 0 atom stereocenters. The van der Waals surface area contributed by atoms with Crippen molar-refractivity contribution in [3.63, 3.8) is 0 Å². The zero-order chi connectivity index (χ0) is 19.6. The first-order valence-corrected chi connectivity index (χ1v) is 8.73. The lowest BCUT2D eigenvalue weighted by atomic mass is 9.87. The van der Waals surface area contributed by atoms with E-state index in [9.17, 15) is 14.4 Å². The quantitative estimate of drug-likeness (QED) is 0.733. The van der Waals surface area contributed by atoms with Gasteiger partial charge in [0.25, 0.3) is 5.91 Å². The third-order valence-corrected chi connectivity index (χ3v) is 5.11. The lowest BCUT2D eigenvalue weighted by Gasteiger charge is -2.36. The highest BCUT2D eigenvalue weighted by Crippen LogP contribution is 2.30. The van der Waals surface area contributed by atoms with Crippen molar-refractivity contribution >= 4 is 23.5 Å². The number of hydrogen-bond acceptors (Lipinski definition) is 6. The lowest BCUT2D eigenvalue weighted by molar-refractivity contribution is -0.132. The first-order chi connectivity index (χ1) is 12.9. The van der Waals surface area contributed by atoms with Gasteiger partial charge in [0, 0.05) is 31.9 Å². The van der Waals surface area contributed by atoms with Gasteiger partial charge >= 0.3 is 6.03 Å². The van der Waals surface area contributed by atoms with E-state index in [1.807, 2.05) is 4.90 Å². The van der Waals surface area contributed by atoms with Gasteiger partial charge in [-0.1, -0.05) is 0 Å². The van der Waals surface area contributed by atoms with Crippen molar-refractivity contribution in [2.24, 2.45) is 0 Å². The van der Waals surface area contributed by atoms with Crippen LogP contribution < -0.4 is 20.1 Å². The Balaban J connectivity index is 1.54. The number of carbonyl (C=O) groups is 3. The predicted molar refractivity (Wildman–Crippen MR) is 97.9 cm³/mol. The molecule has 0 unspecified atom stereocenters. The number of nitrogens with zero attached hydrogens (tertiary/aromatic N) is 2. The Hall–Kier alpha value is -2.81. The standard InChI is InChI=1S/C18H24N4O5/c1-21-16(24)18(20-17(21)25)6-8-22(9-7-18)11-15(23)19-12-4-5-13(26-2)14(10-12)27-3/h4-5,10H,6-9,11H2,1-3H3,(H,19,23)(H,20,25). The van der Waals surface area contributed by atoms with Crippen LogP contribution >= 0.6 is 0 Å². The molecule has 9 heteroatoms. The van der Waals surface area contributed by atoms with Crippen LogP contribution in [-0.2, 0) is 9.59 Å². The van der Waals surface area contributed by atoms with E-state index in [0.29, 0.717) is 43.1 Å². The molecule has 4 amide bonds. The average Bonchev–Trinajstić information content (AvgIpc) is 2.87. The minimum atomic E-state index is -0.817. The molecular formula is C18H24N4O5. The number of carbonyl (C=O) groups excluding carboxylic acids is 3. The molecule has 1 spiro atoms. The Kier molecular flexibility index (Phi) is 5.22. The van der Waals surface area contributed by atoms with Crippen LogP contribution in [0.25, 0.3) is 0 Å². The van der Waals surface area contributed by atoms with E-state index in [1.54, 1.807) is 25.3 Å². The van der Waals surface area contributed by atoms with Crippen molar-refractivity contribution in [2.75, 3.05) is 46.2 Å². The number of urea groups is 1. The molecule has 146 valence electrons. The molecule has 1 aromatic rings. The molecule has 2 aliphatic rings. The summed E-state index contributed by atoms with van der Waals surface area (Å²) in [6.45, 7) is 1.32. The van der Waals surface area contributed by atoms with Crippen LogP contribution in [0.1, 0.15) is 12.8 Å². The van der Waals surface area contributed by atoms with Crippen molar-refractivity contribution in [1.82, 2.24) is 15.1 Å². The van der Waals surface area contributed by atoms with E-state index >= 15 is 0 Å². The van der Waals surface area contributed by atoms with Gasteiger partial charge in [-0.05, 0) is 25.0 Å². The monoisotopic (exact) mass is 376 g/mol. The van der Waals surface area contributed by atoms with Gasteiger partial charge in [-0.2, -0.15) is 0 Å². The van der Waals surface area contributed by atoms with Crippen LogP contribution in [-0.4, -0.2) is 74.1 Å². The molecule has 0 radical (unpaired) electrons. The summed E-state index contributed by atoms with van der Waals surface area (Å²) in [6.07, 6.45) is 0.983. The number of anilines is 1. The molecule has 0 aromatic heterocycles. The molecule has 9 nitrogen and oxygen atoms in total. The fraction of sp³-hybridized carbons (Fsp3) is 0.500. The summed E-state index contributed by atoms with van der Waals surface area (Å²) in [5.74, 6) is 0.777. The van der Waals surface area contributed by atoms with Crippen LogP contribution in [0.4, 0.5) is 10.5 Å². The Morgan fingerprint density at radius 1 is 1.19 bits per heavy atom. The minimum absolute atomic E-state index is 0.155. The number of likely N-dealkylation sites (tertiary alicyclic amines) is 1. The highest BCUT2D eigenvalue weighted by Gasteiger charge is 2.50. The number of likely N-dealkylation sites (N-methyl/N-ethyl adjacent to an activating group) is 1. The Morgan fingerprint density at radius 3 is 2.41 bits per heavy atom. The van der Waals surface area contributed by atoms with Gasteiger partial charge in [0.15, 0.2) is 11.5 Å². The molecule has 0 aliphatic carbocycles. The Morgan fingerprint density at radius 2 is 1.85 bits per heavy atom. The molecule has 2 aliphatic heterocycles. The largest absolute Gasteiger partial charge is 0.493 e. The van der Waals surface area contributed by atoms with Gasteiger partial charge in [-0.25, -0.2) is 4.79 Å². The minimum Gasteiger partial charge on any atom is -0.493 e. The molecule has 2 heterocycles. The van der Waals surface area contributed by atoms with E-state index < -0.39 is 5.54 Å². The first-order valence-electron chi connectivity index (χ1n) is 8.73. The van der Waals surface area contributed by atoms with Gasteiger partial charge < -0.3 is 20.1 Å². The first kappa shape index (κ1) is 19.0. The second kappa shape index (κ2) is 7.43. The maximum absolute atomic E-state index is 12.3. The summed E-state index contributed by atoms with van der Waals surface area (Å²) >= 11 is 0. The van der Waals surface area contributed by atoms with E-state index in [0.717, 1.165) is 4.90 Å². The number of imide groups is 1. The van der Waals surface area contributed by atoms with Crippen LogP contribution in [0.2, 0.25) is 0 Å². The second-order valence-electron chi connectivity index (χ2n) is 6.77. The summed E-state index contributed by atoms with van der Waals surface area (Å²) in [5.41, 5.74) is -0.201. The summed E-state index contributed by atoms with van der Waals surface area (Å²) in [5, 5.41) is 5.63. The number of hydrogen-bond donors (Lipinski definition) is 2. The normalized spacial score (nSPS) is 19.1. The highest BCUT2D eigenvalue weighted by atomic mass is 16.5. The molecule has 0 saturated carbocycles. The van der Waals surface area contributed by atoms with Crippen molar-refractivity contribution in [3.05, 3.63) is 18.2 Å². The maximum atomic E-state index is 12.3. The van der Waals surface area contributed by atoms with Crippen molar-refractivity contribution in [1.29, 1.82) is 0 Å². The fourth-order valence-electron chi connectivity index (χ4n) is 3.50. The van der Waals surface area contributed by atoms with Gasteiger partial charge in [0.05, 0.1) is 20.8 Å². The summed E-state index contributed by atoms with van der Waals surface area (Å²) < 4.78 is 10.4. The molecule has 0 bridgehead atoms. The highest BCUT2D eigenvalue weighted by molar-refractivity contribution is 6.06. The number of nitrogens with one attached hydrogen (secondary N) is 2. The second-order valence-corrected chi connectivity index (χ2v) is 6.77. The third-order valence-electron chi connectivity index (χ3n) is 5.11. The SMILES string of the molecule is COc1ccc(NC(=O)CN2CCC3(CC2)NC(=O)N(C)C3=O)cc1OC. The number of piperidine rings is 1. The van der Waals surface area contributed by atoms with Crippen LogP contribution in [0.3, 0.4) is 0 Å². The zero-order valence-electron chi connectivity index (χ0n) is 15.7. The molecule has 2 saturated heterocycles. The number of methoxy groups -OCH3 is 2. The third kappa shape index (κ3) is 3.68. The van der Waals surface area contributed by atoms with Crippen LogP contribution in [0.5, 0.6) is 11.5 Å². The van der Waals surface area contributed by atoms with E-state index in [1.165, 1.54) is 14.2 Å². The van der Waals surface area contributed by atoms with Gasteiger partial charge in [0.2, 0.25) is 5.91 Å². The number of amides is 4. The number of rotatable bonds is 5. The summed E-state index contributed by atoms with van der Waals surface area (Å²) in [7, 11) is 4.57. The summed E-state index contributed by atoms with van der Waals surface area (Å²) in [4.78, 5) is 39.5. The molecule has 2 N–H and O–H groups in total. The smallest absolute Gasteiger partial charge is 0.324 e. The molecule has 27 heavy (non-hydrogen) atoms. The zero-order valence-corrected chi connectivity index (χ0v) is 15.7. The lowest BCUT2D eigenvalue weighted by Crippen LogP contribution is -2.55. The van der Waals surface area contributed by atoms with Crippen LogP contribution in [0, 0.1) is 0 Å². The molecule has 1 aromatic carbocycles. The van der Waals surface area contributed by atoms with Gasteiger partial charge in [-0.15, -0.1) is 0 Å². The Labute approximate surface area is 157 Å². The van der Waals surface area contributed by atoms with E-state index in [-0.39, 0.29) is 24.4 Å². The number of ether oxygens (including phenoxy) is 2. The fourth-order valence-corrected chi connectivity index (χ4v) is 3.50. The Bertz CT molecular complexity index is 758.